The molecule has 0 aliphatic carbocycles. The third kappa shape index (κ3) is 2.37. The minimum absolute atomic E-state index is 0.224. The number of fused-ring (bicyclic) bond motifs is 1. The minimum atomic E-state index is -3.87. The molecule has 2 aromatic carbocycles. The molecule has 0 spiro atoms. The number of halogens is 1. The molecular weight excluding hydrogens is 331 g/mol. The van der Waals surface area contributed by atoms with E-state index in [9.17, 15) is 12.8 Å². The third-order valence-corrected chi connectivity index (χ3v) is 5.60. The summed E-state index contributed by atoms with van der Waals surface area (Å²) in [6, 6.07) is 13.2. The number of oxazole rings is 1. The second kappa shape index (κ2) is 5.45. The molecule has 4 rings (SSSR count). The Kier molecular flexibility index (Phi) is 3.38. The van der Waals surface area contributed by atoms with E-state index in [0.717, 1.165) is 0 Å². The van der Waals surface area contributed by atoms with Crippen molar-refractivity contribution in [2.75, 3.05) is 10.8 Å². The lowest BCUT2D eigenvalue weighted by atomic mass is 10.2. The highest BCUT2D eigenvalue weighted by atomic mass is 32.2. The fourth-order valence-electron chi connectivity index (χ4n) is 2.79. The van der Waals surface area contributed by atoms with Crippen LogP contribution < -0.4 is 4.31 Å². The Labute approximate surface area is 138 Å². The van der Waals surface area contributed by atoms with E-state index in [-0.39, 0.29) is 23.3 Å². The molecule has 0 saturated heterocycles. The van der Waals surface area contributed by atoms with Crippen molar-refractivity contribution in [3.8, 4) is 11.5 Å². The largest absolute Gasteiger partial charge is 0.423 e. The first-order valence-corrected chi connectivity index (χ1v) is 8.82. The summed E-state index contributed by atoms with van der Waals surface area (Å²) < 4.78 is 45.7. The molecule has 7 heteroatoms. The van der Waals surface area contributed by atoms with E-state index in [1.807, 2.05) is 18.2 Å². The zero-order chi connectivity index (χ0) is 16.7. The van der Waals surface area contributed by atoms with Crippen LogP contribution in [-0.2, 0) is 16.4 Å². The van der Waals surface area contributed by atoms with Gasteiger partial charge in [-0.05, 0) is 42.3 Å². The number of nitrogens with zero attached hydrogens (tertiary/aromatic N) is 2. The summed E-state index contributed by atoms with van der Waals surface area (Å²) in [4.78, 5) is 4.06. The summed E-state index contributed by atoms with van der Waals surface area (Å²) >= 11 is 0. The number of rotatable bonds is 3. The lowest BCUT2D eigenvalue weighted by Gasteiger charge is -2.17. The predicted molar refractivity (Wildman–Crippen MR) is 86.6 cm³/mol. The average Bonchev–Trinajstić information content (AvgIpc) is 3.23. The molecule has 0 N–H and O–H groups in total. The zero-order valence-electron chi connectivity index (χ0n) is 12.5. The van der Waals surface area contributed by atoms with Gasteiger partial charge in [-0.2, -0.15) is 8.42 Å². The van der Waals surface area contributed by atoms with Crippen LogP contribution in [0.2, 0.25) is 0 Å². The fourth-order valence-corrected chi connectivity index (χ4v) is 4.15. The Morgan fingerprint density at radius 2 is 1.92 bits per heavy atom. The molecular formula is C17H13FN2O3S. The monoisotopic (exact) mass is 344 g/mol. The number of sulfonamides is 1. The van der Waals surface area contributed by atoms with Crippen LogP contribution in [0.5, 0.6) is 0 Å². The van der Waals surface area contributed by atoms with Gasteiger partial charge in [-0.1, -0.05) is 18.2 Å². The van der Waals surface area contributed by atoms with Crippen LogP contribution in [0.1, 0.15) is 5.56 Å². The minimum Gasteiger partial charge on any atom is -0.423 e. The normalized spacial score (nSPS) is 14.0. The number of hydrogen-bond acceptors (Lipinski definition) is 4. The number of hydrogen-bond donors (Lipinski definition) is 0. The van der Waals surface area contributed by atoms with Crippen LogP contribution in [-0.4, -0.2) is 19.9 Å². The van der Waals surface area contributed by atoms with Gasteiger partial charge in [-0.3, -0.25) is 4.31 Å². The maximum atomic E-state index is 13.3. The molecule has 0 unspecified atom stereocenters. The molecule has 3 aromatic rings. The SMILES string of the molecule is O=S(=O)(c1cnc(-c2ccccc2)o1)N1CCc2cc(F)ccc21. The van der Waals surface area contributed by atoms with Gasteiger partial charge in [0, 0.05) is 12.1 Å². The Balaban J connectivity index is 1.72. The summed E-state index contributed by atoms with van der Waals surface area (Å²) in [5.74, 6) is -0.133. The van der Waals surface area contributed by atoms with E-state index < -0.39 is 10.0 Å². The highest BCUT2D eigenvalue weighted by Crippen LogP contribution is 2.34. The first-order chi connectivity index (χ1) is 11.6. The summed E-state index contributed by atoms with van der Waals surface area (Å²) in [6.45, 7) is 0.252. The lowest BCUT2D eigenvalue weighted by molar-refractivity contribution is 0.457. The Morgan fingerprint density at radius 3 is 2.71 bits per heavy atom. The van der Waals surface area contributed by atoms with Gasteiger partial charge in [-0.15, -0.1) is 0 Å². The molecule has 0 atom stereocenters. The van der Waals surface area contributed by atoms with Crippen molar-refractivity contribution < 1.29 is 17.2 Å². The molecule has 1 aliphatic heterocycles. The van der Waals surface area contributed by atoms with Crippen molar-refractivity contribution in [1.82, 2.24) is 4.98 Å². The van der Waals surface area contributed by atoms with E-state index in [2.05, 4.69) is 4.98 Å². The van der Waals surface area contributed by atoms with Gasteiger partial charge in [0.05, 0.1) is 11.9 Å². The summed E-state index contributed by atoms with van der Waals surface area (Å²) in [5, 5.41) is -0.224. The summed E-state index contributed by atoms with van der Waals surface area (Å²) in [7, 11) is -3.87. The standard InChI is InChI=1S/C17H13FN2O3S/c18-14-6-7-15-13(10-14)8-9-20(15)24(21,22)16-11-19-17(23-16)12-4-2-1-3-5-12/h1-7,10-11H,8-9H2. The maximum Gasteiger partial charge on any atom is 0.299 e. The van der Waals surface area contributed by atoms with Crippen LogP contribution in [0.25, 0.3) is 11.5 Å². The van der Waals surface area contributed by atoms with Gasteiger partial charge in [0.2, 0.25) is 5.89 Å². The second-order valence-corrected chi connectivity index (χ2v) is 7.24. The van der Waals surface area contributed by atoms with E-state index in [1.165, 1.54) is 28.7 Å². The van der Waals surface area contributed by atoms with Crippen LogP contribution in [0.15, 0.2) is 64.2 Å². The second-order valence-electron chi connectivity index (χ2n) is 5.45. The molecule has 1 aliphatic rings. The molecule has 0 saturated carbocycles. The first-order valence-electron chi connectivity index (χ1n) is 7.38. The zero-order valence-corrected chi connectivity index (χ0v) is 13.3. The van der Waals surface area contributed by atoms with Crippen LogP contribution in [0.4, 0.5) is 10.1 Å². The first kappa shape index (κ1) is 14.9. The predicted octanol–water partition coefficient (Wildman–Crippen LogP) is 3.23. The van der Waals surface area contributed by atoms with Gasteiger partial charge in [0.15, 0.2) is 0 Å². The highest BCUT2D eigenvalue weighted by Gasteiger charge is 2.33. The van der Waals surface area contributed by atoms with Crippen molar-refractivity contribution >= 4 is 15.7 Å². The third-order valence-electron chi connectivity index (χ3n) is 3.94. The molecule has 1 aromatic heterocycles. The smallest absolute Gasteiger partial charge is 0.299 e. The summed E-state index contributed by atoms with van der Waals surface area (Å²) in [6.07, 6.45) is 1.67. The average molecular weight is 344 g/mol. The van der Waals surface area contributed by atoms with Crippen molar-refractivity contribution in [2.24, 2.45) is 0 Å². The topological polar surface area (TPSA) is 63.4 Å². The quantitative estimate of drug-likeness (QED) is 0.732. The van der Waals surface area contributed by atoms with Gasteiger partial charge in [0.1, 0.15) is 5.82 Å². The van der Waals surface area contributed by atoms with E-state index in [4.69, 9.17) is 4.42 Å². The van der Waals surface area contributed by atoms with Crippen molar-refractivity contribution in [1.29, 1.82) is 0 Å². The molecule has 5 nitrogen and oxygen atoms in total. The molecule has 0 radical (unpaired) electrons. The van der Waals surface area contributed by atoms with E-state index in [1.54, 1.807) is 12.1 Å². The Morgan fingerprint density at radius 1 is 1.12 bits per heavy atom. The Bertz CT molecular complexity index is 1000. The van der Waals surface area contributed by atoms with Crippen molar-refractivity contribution in [3.63, 3.8) is 0 Å². The van der Waals surface area contributed by atoms with Gasteiger partial charge < -0.3 is 4.42 Å². The molecule has 0 bridgehead atoms. The van der Waals surface area contributed by atoms with Crippen molar-refractivity contribution in [2.45, 2.75) is 11.5 Å². The number of anilines is 1. The number of aromatic nitrogens is 1. The molecule has 2 heterocycles. The highest BCUT2D eigenvalue weighted by molar-refractivity contribution is 7.92. The maximum absolute atomic E-state index is 13.3. The van der Waals surface area contributed by atoms with Crippen LogP contribution >= 0.6 is 0 Å². The van der Waals surface area contributed by atoms with E-state index >= 15 is 0 Å². The van der Waals surface area contributed by atoms with Crippen LogP contribution in [0, 0.1) is 5.82 Å². The van der Waals surface area contributed by atoms with E-state index in [0.29, 0.717) is 23.2 Å². The van der Waals surface area contributed by atoms with Gasteiger partial charge >= 0.3 is 0 Å². The lowest BCUT2D eigenvalue weighted by Crippen LogP contribution is -2.28. The molecule has 0 amide bonds. The van der Waals surface area contributed by atoms with Gasteiger partial charge in [-0.25, -0.2) is 9.37 Å². The summed E-state index contributed by atoms with van der Waals surface area (Å²) in [5.41, 5.74) is 1.85. The molecule has 0 fully saturated rings. The van der Waals surface area contributed by atoms with Crippen LogP contribution in [0.3, 0.4) is 0 Å². The number of benzene rings is 2. The van der Waals surface area contributed by atoms with Crippen molar-refractivity contribution in [3.05, 3.63) is 66.1 Å². The molecule has 24 heavy (non-hydrogen) atoms. The fraction of sp³-hybridized carbons (Fsp3) is 0.118. The molecule has 122 valence electrons. The Hall–Kier alpha value is -2.67. The van der Waals surface area contributed by atoms with Gasteiger partial charge in [0.25, 0.3) is 15.1 Å².